The Hall–Kier alpha value is -2.84. The predicted octanol–water partition coefficient (Wildman–Crippen LogP) is 4.20. The lowest BCUT2D eigenvalue weighted by molar-refractivity contribution is -0.385. The summed E-state index contributed by atoms with van der Waals surface area (Å²) in [6, 6.07) is 15.6. The van der Waals surface area contributed by atoms with E-state index in [1.54, 1.807) is 19.0 Å². The first kappa shape index (κ1) is 16.5. The van der Waals surface area contributed by atoms with Crippen molar-refractivity contribution >= 4 is 28.6 Å². The minimum absolute atomic E-state index is 0.152. The van der Waals surface area contributed by atoms with Crippen molar-refractivity contribution in [1.82, 2.24) is 4.90 Å². The molecule has 0 aromatic heterocycles. The van der Waals surface area contributed by atoms with Gasteiger partial charge in [0.05, 0.1) is 21.8 Å². The second-order valence-corrected chi connectivity index (χ2v) is 5.45. The summed E-state index contributed by atoms with van der Waals surface area (Å²) in [7, 11) is 3.58. The van der Waals surface area contributed by atoms with Gasteiger partial charge in [0.2, 0.25) is 0 Å². The number of allylic oxidation sites excluding steroid dienone is 1. The summed E-state index contributed by atoms with van der Waals surface area (Å²) in [6.45, 7) is 0. The SMILES string of the molecule is CN(C)/C(=C(\C#N)c1cc(Cl)ccc1[N+](=O)[O-])c1ccccc1. The van der Waals surface area contributed by atoms with Crippen LogP contribution >= 0.6 is 11.6 Å². The first-order chi connectivity index (χ1) is 11.0. The monoisotopic (exact) mass is 327 g/mol. The van der Waals surface area contributed by atoms with E-state index in [1.807, 2.05) is 30.3 Å². The predicted molar refractivity (Wildman–Crippen MR) is 90.7 cm³/mol. The first-order valence-electron chi connectivity index (χ1n) is 6.77. The van der Waals surface area contributed by atoms with Gasteiger partial charge in [0.15, 0.2) is 0 Å². The highest BCUT2D eigenvalue weighted by atomic mass is 35.5. The molecule has 6 heteroatoms. The molecule has 0 amide bonds. The molecule has 0 heterocycles. The van der Waals surface area contributed by atoms with Crippen molar-refractivity contribution in [2.75, 3.05) is 14.1 Å². The van der Waals surface area contributed by atoms with E-state index in [-0.39, 0.29) is 16.8 Å². The summed E-state index contributed by atoms with van der Waals surface area (Å²) in [6.07, 6.45) is 0. The first-order valence-corrected chi connectivity index (χ1v) is 7.15. The molecule has 116 valence electrons. The summed E-state index contributed by atoms with van der Waals surface area (Å²) in [5.74, 6) is 0. The zero-order valence-electron chi connectivity index (χ0n) is 12.7. The van der Waals surface area contributed by atoms with E-state index in [4.69, 9.17) is 11.6 Å². The number of hydrogen-bond donors (Lipinski definition) is 0. The molecule has 2 aromatic carbocycles. The van der Waals surface area contributed by atoms with Crippen LogP contribution in [0, 0.1) is 21.4 Å². The molecule has 2 rings (SSSR count). The van der Waals surface area contributed by atoms with Gasteiger partial charge in [-0.1, -0.05) is 41.9 Å². The second-order valence-electron chi connectivity index (χ2n) is 5.01. The molecule has 0 aliphatic rings. The van der Waals surface area contributed by atoms with Crippen LogP contribution in [0.2, 0.25) is 5.02 Å². The Labute approximate surface area is 139 Å². The van der Waals surface area contributed by atoms with Crippen molar-refractivity contribution in [3.63, 3.8) is 0 Å². The lowest BCUT2D eigenvalue weighted by atomic mass is 9.98. The molecule has 0 radical (unpaired) electrons. The molecule has 0 saturated carbocycles. The van der Waals surface area contributed by atoms with Gasteiger partial charge in [0.25, 0.3) is 5.69 Å². The Bertz CT molecular complexity index is 808. The molecule has 0 saturated heterocycles. The number of nitriles is 1. The third kappa shape index (κ3) is 3.50. The van der Waals surface area contributed by atoms with Gasteiger partial charge in [-0.2, -0.15) is 5.26 Å². The van der Waals surface area contributed by atoms with Crippen LogP contribution in [0.1, 0.15) is 11.1 Å². The highest BCUT2D eigenvalue weighted by Gasteiger charge is 2.22. The Morgan fingerprint density at radius 3 is 2.39 bits per heavy atom. The molecule has 0 aliphatic carbocycles. The maximum Gasteiger partial charge on any atom is 0.278 e. The third-order valence-corrected chi connectivity index (χ3v) is 3.50. The number of benzene rings is 2. The standard InChI is InChI=1S/C17H14ClN3O2/c1-20(2)17(12-6-4-3-5-7-12)15(11-19)14-10-13(18)8-9-16(14)21(22)23/h3-10H,1-2H3/b17-15+. The maximum absolute atomic E-state index is 11.3. The van der Waals surface area contributed by atoms with Crippen molar-refractivity contribution in [3.8, 4) is 6.07 Å². The van der Waals surface area contributed by atoms with Crippen LogP contribution in [0.3, 0.4) is 0 Å². The molecule has 0 unspecified atom stereocenters. The van der Waals surface area contributed by atoms with E-state index in [1.165, 1.54) is 18.2 Å². The van der Waals surface area contributed by atoms with Gasteiger partial charge in [-0.15, -0.1) is 0 Å². The van der Waals surface area contributed by atoms with Gasteiger partial charge in [-0.05, 0) is 17.7 Å². The fourth-order valence-corrected chi connectivity index (χ4v) is 2.50. The molecular formula is C17H14ClN3O2. The molecule has 0 N–H and O–H groups in total. The molecule has 0 aliphatic heterocycles. The van der Waals surface area contributed by atoms with Gasteiger partial charge in [0, 0.05) is 25.2 Å². The van der Waals surface area contributed by atoms with Crippen molar-refractivity contribution in [2.45, 2.75) is 0 Å². The average molecular weight is 328 g/mol. The highest BCUT2D eigenvalue weighted by molar-refractivity contribution is 6.31. The molecule has 2 aromatic rings. The van der Waals surface area contributed by atoms with Crippen molar-refractivity contribution in [3.05, 3.63) is 74.8 Å². The van der Waals surface area contributed by atoms with Crippen LogP contribution < -0.4 is 0 Å². The van der Waals surface area contributed by atoms with Crippen LogP contribution in [0.15, 0.2) is 48.5 Å². The van der Waals surface area contributed by atoms with Gasteiger partial charge in [-0.25, -0.2) is 0 Å². The normalized spacial score (nSPS) is 11.4. The molecule has 0 atom stereocenters. The average Bonchev–Trinajstić information content (AvgIpc) is 2.52. The summed E-state index contributed by atoms with van der Waals surface area (Å²) >= 11 is 5.98. The van der Waals surface area contributed by atoms with E-state index in [0.717, 1.165) is 5.56 Å². The largest absolute Gasteiger partial charge is 0.376 e. The Balaban J connectivity index is 2.82. The zero-order chi connectivity index (χ0) is 17.0. The fourth-order valence-electron chi connectivity index (χ4n) is 2.33. The van der Waals surface area contributed by atoms with Crippen LogP contribution in [0.4, 0.5) is 5.69 Å². The summed E-state index contributed by atoms with van der Waals surface area (Å²) < 4.78 is 0. The Morgan fingerprint density at radius 2 is 1.87 bits per heavy atom. The maximum atomic E-state index is 11.3. The minimum atomic E-state index is -0.513. The molecule has 0 spiro atoms. The van der Waals surface area contributed by atoms with Crippen molar-refractivity contribution in [2.24, 2.45) is 0 Å². The number of halogens is 1. The van der Waals surface area contributed by atoms with E-state index in [9.17, 15) is 15.4 Å². The van der Waals surface area contributed by atoms with Crippen molar-refractivity contribution < 1.29 is 4.92 Å². The lowest BCUT2D eigenvalue weighted by Crippen LogP contribution is -2.12. The van der Waals surface area contributed by atoms with E-state index in [0.29, 0.717) is 10.7 Å². The number of rotatable bonds is 4. The molecular weight excluding hydrogens is 314 g/mol. The van der Waals surface area contributed by atoms with Crippen LogP contribution in [0.25, 0.3) is 11.3 Å². The summed E-state index contributed by atoms with van der Waals surface area (Å²) in [5, 5.41) is 21.3. The van der Waals surface area contributed by atoms with Crippen LogP contribution in [-0.2, 0) is 0 Å². The van der Waals surface area contributed by atoms with Crippen LogP contribution in [0.5, 0.6) is 0 Å². The van der Waals surface area contributed by atoms with Crippen LogP contribution in [-0.4, -0.2) is 23.9 Å². The molecule has 0 fully saturated rings. The Kier molecular flexibility index (Phi) is 4.99. The third-order valence-electron chi connectivity index (χ3n) is 3.27. The van der Waals surface area contributed by atoms with Gasteiger partial charge in [0.1, 0.15) is 6.07 Å². The molecule has 23 heavy (non-hydrogen) atoms. The lowest BCUT2D eigenvalue weighted by Gasteiger charge is -2.20. The fraction of sp³-hybridized carbons (Fsp3) is 0.118. The quantitative estimate of drug-likeness (QED) is 0.365. The minimum Gasteiger partial charge on any atom is -0.376 e. The summed E-state index contributed by atoms with van der Waals surface area (Å²) in [5.41, 5.74) is 1.65. The second kappa shape index (κ2) is 6.95. The topological polar surface area (TPSA) is 70.2 Å². The van der Waals surface area contributed by atoms with Gasteiger partial charge in [-0.3, -0.25) is 10.1 Å². The molecule has 0 bridgehead atoms. The molecule has 5 nitrogen and oxygen atoms in total. The highest BCUT2D eigenvalue weighted by Crippen LogP contribution is 2.34. The van der Waals surface area contributed by atoms with E-state index < -0.39 is 4.92 Å². The van der Waals surface area contributed by atoms with E-state index in [2.05, 4.69) is 6.07 Å². The van der Waals surface area contributed by atoms with Gasteiger partial charge >= 0.3 is 0 Å². The van der Waals surface area contributed by atoms with E-state index >= 15 is 0 Å². The zero-order valence-corrected chi connectivity index (χ0v) is 13.4. The van der Waals surface area contributed by atoms with Crippen molar-refractivity contribution in [1.29, 1.82) is 5.26 Å². The number of nitro benzene ring substituents is 1. The summed E-state index contributed by atoms with van der Waals surface area (Å²) in [4.78, 5) is 12.5. The number of nitrogens with zero attached hydrogens (tertiary/aromatic N) is 3. The number of hydrogen-bond acceptors (Lipinski definition) is 4. The Morgan fingerprint density at radius 1 is 1.22 bits per heavy atom. The smallest absolute Gasteiger partial charge is 0.278 e. The number of nitro groups is 1. The van der Waals surface area contributed by atoms with Gasteiger partial charge < -0.3 is 4.90 Å².